The lowest BCUT2D eigenvalue weighted by molar-refractivity contribution is 0.0493. The number of likely N-dealkylation sites (N-methyl/N-ethyl adjacent to an activating group) is 1. The Morgan fingerprint density at radius 2 is 1.91 bits per heavy atom. The molecule has 5 heteroatoms. The van der Waals surface area contributed by atoms with Gasteiger partial charge < -0.3 is 14.8 Å². The number of aromatic nitrogens is 1. The van der Waals surface area contributed by atoms with Crippen LogP contribution < -0.4 is 0 Å². The molecule has 1 aliphatic rings. The number of carbonyl (C=O) groups is 2. The summed E-state index contributed by atoms with van der Waals surface area (Å²) in [6.07, 6.45) is 1.60. The van der Waals surface area contributed by atoms with E-state index in [0.29, 0.717) is 17.8 Å². The molecular weight excluding hydrogens is 290 g/mol. The fraction of sp³-hybridized carbons (Fsp3) is 0.333. The van der Waals surface area contributed by atoms with Crippen LogP contribution in [0.1, 0.15) is 39.4 Å². The van der Waals surface area contributed by atoms with E-state index >= 15 is 0 Å². The first-order valence-electron chi connectivity index (χ1n) is 7.80. The highest BCUT2D eigenvalue weighted by molar-refractivity contribution is 5.99. The molecule has 0 bridgehead atoms. The largest absolute Gasteiger partial charge is 0.356 e. The number of carbonyl (C=O) groups excluding carboxylic acids is 2. The van der Waals surface area contributed by atoms with Crippen molar-refractivity contribution >= 4 is 11.7 Å². The van der Waals surface area contributed by atoms with Gasteiger partial charge in [0.05, 0.1) is 6.04 Å². The van der Waals surface area contributed by atoms with Crippen molar-refractivity contribution in [2.45, 2.75) is 13.0 Å². The SMILES string of the molecule is CC(=O)c1c[nH]c(C(=O)N2CCN(C)C[C@H]2c2ccccc2)c1. The zero-order valence-electron chi connectivity index (χ0n) is 13.5. The summed E-state index contributed by atoms with van der Waals surface area (Å²) in [6, 6.07) is 11.7. The normalized spacial score (nSPS) is 18.9. The molecule has 1 aromatic carbocycles. The van der Waals surface area contributed by atoms with Crippen LogP contribution in [0.15, 0.2) is 42.6 Å². The molecule has 5 nitrogen and oxygen atoms in total. The minimum absolute atomic E-state index is 0.0199. The van der Waals surface area contributed by atoms with Crippen molar-refractivity contribution in [2.24, 2.45) is 0 Å². The van der Waals surface area contributed by atoms with Crippen molar-refractivity contribution in [2.75, 3.05) is 26.7 Å². The molecule has 0 aliphatic carbocycles. The predicted octanol–water partition coefficient (Wildman–Crippen LogP) is 2.35. The van der Waals surface area contributed by atoms with Gasteiger partial charge in [0, 0.05) is 31.4 Å². The second kappa shape index (κ2) is 6.38. The van der Waals surface area contributed by atoms with Gasteiger partial charge in [0.1, 0.15) is 5.69 Å². The van der Waals surface area contributed by atoms with Crippen molar-refractivity contribution in [3.05, 3.63) is 59.4 Å². The Labute approximate surface area is 135 Å². The molecule has 2 aromatic rings. The second-order valence-corrected chi connectivity index (χ2v) is 6.05. The van der Waals surface area contributed by atoms with Gasteiger partial charge in [-0.05, 0) is 25.6 Å². The van der Waals surface area contributed by atoms with Crippen LogP contribution in [-0.4, -0.2) is 53.2 Å². The predicted molar refractivity (Wildman–Crippen MR) is 88.5 cm³/mol. The molecule has 1 amide bonds. The van der Waals surface area contributed by atoms with Crippen LogP contribution >= 0.6 is 0 Å². The lowest BCUT2D eigenvalue weighted by Gasteiger charge is -2.40. The lowest BCUT2D eigenvalue weighted by atomic mass is 10.0. The molecule has 1 fully saturated rings. The molecule has 0 unspecified atom stereocenters. The average molecular weight is 311 g/mol. The molecule has 1 N–H and O–H groups in total. The zero-order valence-corrected chi connectivity index (χ0v) is 13.5. The molecule has 1 aromatic heterocycles. The summed E-state index contributed by atoms with van der Waals surface area (Å²) < 4.78 is 0. The molecule has 1 aliphatic heterocycles. The molecule has 0 saturated carbocycles. The van der Waals surface area contributed by atoms with E-state index < -0.39 is 0 Å². The summed E-state index contributed by atoms with van der Waals surface area (Å²) in [5.41, 5.74) is 2.14. The minimum atomic E-state index is -0.0561. The van der Waals surface area contributed by atoms with Crippen LogP contribution in [0.25, 0.3) is 0 Å². The maximum absolute atomic E-state index is 12.9. The van der Waals surface area contributed by atoms with E-state index in [-0.39, 0.29) is 17.7 Å². The molecule has 120 valence electrons. The molecule has 1 atom stereocenters. The van der Waals surface area contributed by atoms with Crippen molar-refractivity contribution < 1.29 is 9.59 Å². The first-order chi connectivity index (χ1) is 11.1. The van der Waals surface area contributed by atoms with Crippen molar-refractivity contribution in [1.82, 2.24) is 14.8 Å². The van der Waals surface area contributed by atoms with Gasteiger partial charge in [-0.1, -0.05) is 30.3 Å². The third-order valence-corrected chi connectivity index (χ3v) is 4.35. The third-order valence-electron chi connectivity index (χ3n) is 4.35. The monoisotopic (exact) mass is 311 g/mol. The number of H-pyrrole nitrogens is 1. The van der Waals surface area contributed by atoms with Gasteiger partial charge in [0.15, 0.2) is 5.78 Å². The summed E-state index contributed by atoms with van der Waals surface area (Å²) in [7, 11) is 2.07. The molecule has 1 saturated heterocycles. The van der Waals surface area contributed by atoms with Gasteiger partial charge in [-0.25, -0.2) is 0 Å². The standard InChI is InChI=1S/C18H21N3O2/c1-13(22)15-10-16(19-11-15)18(23)21-9-8-20(2)12-17(21)14-6-4-3-5-7-14/h3-7,10-11,17,19H,8-9,12H2,1-2H3/t17-/m0/s1. The van der Waals surface area contributed by atoms with Gasteiger partial charge >= 0.3 is 0 Å². The minimum Gasteiger partial charge on any atom is -0.356 e. The highest BCUT2D eigenvalue weighted by Crippen LogP contribution is 2.26. The Morgan fingerprint density at radius 1 is 1.17 bits per heavy atom. The van der Waals surface area contributed by atoms with Gasteiger partial charge in [0.2, 0.25) is 0 Å². The average Bonchev–Trinajstić information content (AvgIpc) is 3.05. The molecule has 3 rings (SSSR count). The summed E-state index contributed by atoms with van der Waals surface area (Å²) in [5.74, 6) is -0.0993. The van der Waals surface area contributed by atoms with Crippen LogP contribution in [0, 0.1) is 0 Å². The van der Waals surface area contributed by atoms with E-state index in [1.807, 2.05) is 23.1 Å². The Bertz CT molecular complexity index is 708. The Morgan fingerprint density at radius 3 is 2.57 bits per heavy atom. The number of amides is 1. The van der Waals surface area contributed by atoms with E-state index in [9.17, 15) is 9.59 Å². The topological polar surface area (TPSA) is 56.4 Å². The third kappa shape index (κ3) is 3.19. The first kappa shape index (κ1) is 15.5. The number of nitrogens with one attached hydrogen (secondary N) is 1. The summed E-state index contributed by atoms with van der Waals surface area (Å²) in [5, 5.41) is 0. The molecular formula is C18H21N3O2. The maximum Gasteiger partial charge on any atom is 0.270 e. The van der Waals surface area contributed by atoms with Crippen molar-refractivity contribution in [1.29, 1.82) is 0 Å². The van der Waals surface area contributed by atoms with E-state index in [0.717, 1.165) is 18.7 Å². The fourth-order valence-corrected chi connectivity index (χ4v) is 3.00. The van der Waals surface area contributed by atoms with Gasteiger partial charge in [-0.2, -0.15) is 0 Å². The Kier molecular flexibility index (Phi) is 4.30. The van der Waals surface area contributed by atoms with Crippen LogP contribution in [-0.2, 0) is 0 Å². The number of piperazine rings is 1. The highest BCUT2D eigenvalue weighted by Gasteiger charge is 2.31. The molecule has 23 heavy (non-hydrogen) atoms. The number of hydrogen-bond donors (Lipinski definition) is 1. The van der Waals surface area contributed by atoms with Crippen molar-refractivity contribution in [3.63, 3.8) is 0 Å². The number of benzene rings is 1. The number of ketones is 1. The Balaban J connectivity index is 1.88. The van der Waals surface area contributed by atoms with E-state index in [1.165, 1.54) is 6.92 Å². The van der Waals surface area contributed by atoms with Crippen LogP contribution in [0.5, 0.6) is 0 Å². The van der Waals surface area contributed by atoms with Gasteiger partial charge in [-0.15, -0.1) is 0 Å². The fourth-order valence-electron chi connectivity index (χ4n) is 3.00. The lowest BCUT2D eigenvalue weighted by Crippen LogP contribution is -2.49. The smallest absolute Gasteiger partial charge is 0.270 e. The van der Waals surface area contributed by atoms with Gasteiger partial charge in [-0.3, -0.25) is 9.59 Å². The quantitative estimate of drug-likeness (QED) is 0.885. The number of aromatic amines is 1. The Hall–Kier alpha value is -2.40. The number of rotatable bonds is 3. The van der Waals surface area contributed by atoms with Gasteiger partial charge in [0.25, 0.3) is 5.91 Å². The second-order valence-electron chi connectivity index (χ2n) is 6.05. The number of hydrogen-bond acceptors (Lipinski definition) is 3. The van der Waals surface area contributed by atoms with Crippen LogP contribution in [0.4, 0.5) is 0 Å². The highest BCUT2D eigenvalue weighted by atomic mass is 16.2. The van der Waals surface area contributed by atoms with E-state index in [1.54, 1.807) is 12.3 Å². The molecule has 0 spiro atoms. The van der Waals surface area contributed by atoms with Crippen LogP contribution in [0.3, 0.4) is 0 Å². The van der Waals surface area contributed by atoms with E-state index in [2.05, 4.69) is 29.1 Å². The molecule has 2 heterocycles. The maximum atomic E-state index is 12.9. The van der Waals surface area contributed by atoms with E-state index in [4.69, 9.17) is 0 Å². The zero-order chi connectivity index (χ0) is 16.4. The summed E-state index contributed by atoms with van der Waals surface area (Å²) in [4.78, 5) is 31.4. The van der Waals surface area contributed by atoms with Crippen molar-refractivity contribution in [3.8, 4) is 0 Å². The summed E-state index contributed by atoms with van der Waals surface area (Å²) in [6.45, 7) is 3.81. The number of nitrogens with zero attached hydrogens (tertiary/aromatic N) is 2. The molecule has 0 radical (unpaired) electrons. The van der Waals surface area contributed by atoms with Crippen LogP contribution in [0.2, 0.25) is 0 Å². The summed E-state index contributed by atoms with van der Waals surface area (Å²) >= 11 is 0. The first-order valence-corrected chi connectivity index (χ1v) is 7.80. The number of Topliss-reactive ketones (excluding diaryl/α,β-unsaturated/α-hetero) is 1.